The number of hydrogen-bond acceptors (Lipinski definition) is 3. The van der Waals surface area contributed by atoms with E-state index < -0.39 is 11.4 Å². The molecule has 6 heteroatoms. The van der Waals surface area contributed by atoms with Crippen molar-refractivity contribution in [3.63, 3.8) is 0 Å². The predicted octanol–water partition coefficient (Wildman–Crippen LogP) is 3.21. The Morgan fingerprint density at radius 3 is 2.42 bits per heavy atom. The van der Waals surface area contributed by atoms with E-state index in [0.29, 0.717) is 39.1 Å². The zero-order valence-electron chi connectivity index (χ0n) is 14.7. The van der Waals surface area contributed by atoms with Gasteiger partial charge < -0.3 is 14.7 Å². The van der Waals surface area contributed by atoms with Crippen molar-refractivity contribution in [2.45, 2.75) is 37.5 Å². The number of nitrogens with zero attached hydrogens (tertiary/aromatic N) is 1. The van der Waals surface area contributed by atoms with Crippen molar-refractivity contribution in [3.8, 4) is 0 Å². The van der Waals surface area contributed by atoms with Gasteiger partial charge in [-0.25, -0.2) is 0 Å². The molecule has 0 aromatic heterocycles. The van der Waals surface area contributed by atoms with Crippen molar-refractivity contribution in [1.29, 1.82) is 0 Å². The summed E-state index contributed by atoms with van der Waals surface area (Å²) in [4.78, 5) is 26.8. The summed E-state index contributed by atoms with van der Waals surface area (Å²) in [5.41, 5.74) is 0.471. The van der Waals surface area contributed by atoms with Crippen LogP contribution >= 0.6 is 15.9 Å². The van der Waals surface area contributed by atoms with E-state index in [1.54, 1.807) is 0 Å². The highest BCUT2D eigenvalue weighted by Crippen LogP contribution is 2.59. The van der Waals surface area contributed by atoms with E-state index >= 15 is 0 Å². The third-order valence-electron chi connectivity index (χ3n) is 6.67. The molecule has 140 valence electrons. The number of aliphatic carboxylic acids is 1. The second kappa shape index (κ2) is 6.64. The highest BCUT2D eigenvalue weighted by molar-refractivity contribution is 9.10. The molecule has 2 aliphatic heterocycles. The molecular weight excluding hydrogens is 398 g/mol. The molecule has 3 aliphatic rings. The van der Waals surface area contributed by atoms with E-state index in [1.165, 1.54) is 0 Å². The van der Waals surface area contributed by atoms with Gasteiger partial charge in [0.25, 0.3) is 0 Å². The normalized spacial score (nSPS) is 26.5. The number of benzene rings is 1. The van der Waals surface area contributed by atoms with Crippen molar-refractivity contribution >= 4 is 27.8 Å². The molecule has 1 aliphatic carbocycles. The van der Waals surface area contributed by atoms with E-state index in [0.717, 1.165) is 29.3 Å². The molecule has 1 N–H and O–H groups in total. The number of hydrogen-bond donors (Lipinski definition) is 1. The van der Waals surface area contributed by atoms with Gasteiger partial charge in [-0.2, -0.15) is 0 Å². The first kappa shape index (κ1) is 18.0. The fraction of sp³-hybridized carbons (Fsp3) is 0.600. The fourth-order valence-electron chi connectivity index (χ4n) is 4.84. The minimum atomic E-state index is -0.681. The molecule has 5 nitrogen and oxygen atoms in total. The van der Waals surface area contributed by atoms with Crippen molar-refractivity contribution in [3.05, 3.63) is 34.3 Å². The summed E-state index contributed by atoms with van der Waals surface area (Å²) < 4.78 is 6.53. The van der Waals surface area contributed by atoms with Crippen LogP contribution in [0, 0.1) is 11.3 Å². The first-order valence-electron chi connectivity index (χ1n) is 9.33. The Morgan fingerprint density at radius 2 is 1.85 bits per heavy atom. The average Bonchev–Trinajstić information content (AvgIpc) is 3.36. The van der Waals surface area contributed by atoms with Crippen LogP contribution in [-0.4, -0.2) is 48.2 Å². The molecule has 4 rings (SSSR count). The highest BCUT2D eigenvalue weighted by atomic mass is 79.9. The maximum atomic E-state index is 13.6. The average molecular weight is 422 g/mol. The Hall–Kier alpha value is -1.40. The number of carboxylic acids is 1. The number of carbonyl (C=O) groups is 2. The topological polar surface area (TPSA) is 66.8 Å². The number of halogens is 1. The summed E-state index contributed by atoms with van der Waals surface area (Å²) in [7, 11) is 0. The molecule has 0 bridgehead atoms. The van der Waals surface area contributed by atoms with Crippen LogP contribution in [0.3, 0.4) is 0 Å². The number of piperidine rings is 1. The van der Waals surface area contributed by atoms with E-state index in [-0.39, 0.29) is 17.2 Å². The molecule has 3 fully saturated rings. The van der Waals surface area contributed by atoms with Crippen molar-refractivity contribution < 1.29 is 19.4 Å². The predicted molar refractivity (Wildman–Crippen MR) is 99.9 cm³/mol. The Bertz CT molecular complexity index is 720. The van der Waals surface area contributed by atoms with Crippen LogP contribution in [0.4, 0.5) is 0 Å². The molecular formula is C20H24BrNO4. The Morgan fingerprint density at radius 1 is 1.15 bits per heavy atom. The summed E-state index contributed by atoms with van der Waals surface area (Å²) in [5.74, 6) is -0.706. The molecule has 1 aromatic rings. The van der Waals surface area contributed by atoms with Crippen LogP contribution in [0.2, 0.25) is 0 Å². The standard InChI is InChI=1S/C20H24BrNO4/c21-15-3-1-2-14(12-15)20(6-10-26-11-7-20)18(25)22-8-4-19(5-9-22)13-16(19)17(23)24/h1-3,12,16H,4-11,13H2,(H,23,24). The minimum absolute atomic E-state index is 0.0543. The maximum absolute atomic E-state index is 13.6. The van der Waals surface area contributed by atoms with Gasteiger partial charge in [0.2, 0.25) is 5.91 Å². The minimum Gasteiger partial charge on any atom is -0.481 e. The van der Waals surface area contributed by atoms with E-state index in [4.69, 9.17) is 4.74 Å². The van der Waals surface area contributed by atoms with E-state index in [2.05, 4.69) is 22.0 Å². The van der Waals surface area contributed by atoms with Crippen LogP contribution in [-0.2, 0) is 19.7 Å². The molecule has 1 saturated carbocycles. The largest absolute Gasteiger partial charge is 0.481 e. The molecule has 1 spiro atoms. The van der Waals surface area contributed by atoms with Gasteiger partial charge in [0, 0.05) is 30.8 Å². The molecule has 1 amide bonds. The second-order valence-corrected chi connectivity index (χ2v) is 8.87. The first-order valence-corrected chi connectivity index (χ1v) is 10.1. The van der Waals surface area contributed by atoms with Crippen LogP contribution in [0.1, 0.15) is 37.7 Å². The molecule has 2 saturated heterocycles. The van der Waals surface area contributed by atoms with Crippen molar-refractivity contribution in [2.24, 2.45) is 11.3 Å². The summed E-state index contributed by atoms with van der Waals surface area (Å²) in [5, 5.41) is 9.27. The highest BCUT2D eigenvalue weighted by Gasteiger charge is 2.59. The van der Waals surface area contributed by atoms with E-state index in [9.17, 15) is 14.7 Å². The SMILES string of the molecule is O=C(O)C1CC12CCN(C(=O)C1(c3cccc(Br)c3)CCOCC1)CC2. The second-order valence-electron chi connectivity index (χ2n) is 7.95. The van der Waals surface area contributed by atoms with Crippen molar-refractivity contribution in [2.75, 3.05) is 26.3 Å². The van der Waals surface area contributed by atoms with Gasteiger partial charge in [-0.1, -0.05) is 28.1 Å². The lowest BCUT2D eigenvalue weighted by Gasteiger charge is -2.42. The van der Waals surface area contributed by atoms with Crippen LogP contribution in [0.15, 0.2) is 28.7 Å². The Balaban J connectivity index is 1.54. The monoisotopic (exact) mass is 421 g/mol. The van der Waals surface area contributed by atoms with Crippen LogP contribution < -0.4 is 0 Å². The van der Waals surface area contributed by atoms with Crippen LogP contribution in [0.5, 0.6) is 0 Å². The van der Waals surface area contributed by atoms with Gasteiger partial charge in [0.05, 0.1) is 11.3 Å². The molecule has 1 unspecified atom stereocenters. The quantitative estimate of drug-likeness (QED) is 0.813. The molecule has 1 aromatic carbocycles. The summed E-state index contributed by atoms with van der Waals surface area (Å²) >= 11 is 3.53. The summed E-state index contributed by atoms with van der Waals surface area (Å²) in [6.07, 6.45) is 3.78. The van der Waals surface area contributed by atoms with E-state index in [1.807, 2.05) is 23.1 Å². The number of likely N-dealkylation sites (tertiary alicyclic amines) is 1. The Labute approximate surface area is 161 Å². The Kier molecular flexibility index (Phi) is 4.59. The smallest absolute Gasteiger partial charge is 0.307 e. The zero-order chi connectivity index (χ0) is 18.4. The van der Waals surface area contributed by atoms with Gasteiger partial charge in [-0.15, -0.1) is 0 Å². The molecule has 0 radical (unpaired) electrons. The lowest BCUT2D eigenvalue weighted by Crippen LogP contribution is -2.52. The fourth-order valence-corrected chi connectivity index (χ4v) is 5.24. The number of carbonyl (C=O) groups excluding carboxylic acids is 1. The summed E-state index contributed by atoms with van der Waals surface area (Å²) in [6, 6.07) is 8.05. The van der Waals surface area contributed by atoms with Gasteiger partial charge in [0.1, 0.15) is 0 Å². The maximum Gasteiger partial charge on any atom is 0.307 e. The first-order chi connectivity index (χ1) is 12.5. The number of rotatable bonds is 3. The number of carboxylic acid groups (broad SMARTS) is 1. The third kappa shape index (κ3) is 2.97. The lowest BCUT2D eigenvalue weighted by molar-refractivity contribution is -0.143. The number of amides is 1. The van der Waals surface area contributed by atoms with Crippen LogP contribution in [0.25, 0.3) is 0 Å². The number of ether oxygens (including phenoxy) is 1. The van der Waals surface area contributed by atoms with Crippen molar-refractivity contribution in [1.82, 2.24) is 4.90 Å². The van der Waals surface area contributed by atoms with Gasteiger partial charge in [-0.3, -0.25) is 9.59 Å². The molecule has 26 heavy (non-hydrogen) atoms. The zero-order valence-corrected chi connectivity index (χ0v) is 16.3. The van der Waals surface area contributed by atoms with Gasteiger partial charge >= 0.3 is 5.97 Å². The van der Waals surface area contributed by atoms with Gasteiger partial charge in [0.15, 0.2) is 0 Å². The van der Waals surface area contributed by atoms with Gasteiger partial charge in [-0.05, 0) is 55.2 Å². The third-order valence-corrected chi connectivity index (χ3v) is 7.16. The summed E-state index contributed by atoms with van der Waals surface area (Å²) in [6.45, 7) is 2.52. The molecule has 1 atom stereocenters. The lowest BCUT2D eigenvalue weighted by atomic mass is 9.72. The molecule has 2 heterocycles.